The van der Waals surface area contributed by atoms with Crippen LogP contribution in [0, 0.1) is 13.8 Å². The van der Waals surface area contributed by atoms with E-state index in [9.17, 15) is 8.42 Å². The molecule has 1 aromatic heterocycles. The van der Waals surface area contributed by atoms with Crippen molar-refractivity contribution in [1.29, 1.82) is 0 Å². The number of hydrogen-bond donors (Lipinski definition) is 1. The van der Waals surface area contributed by atoms with E-state index in [0.29, 0.717) is 17.2 Å². The summed E-state index contributed by atoms with van der Waals surface area (Å²) in [6.45, 7) is 7.50. The Morgan fingerprint density at radius 1 is 1.23 bits per heavy atom. The summed E-state index contributed by atoms with van der Waals surface area (Å²) in [5.41, 5.74) is 1.43. The lowest BCUT2D eigenvalue weighted by Crippen LogP contribution is -2.23. The van der Waals surface area contributed by atoms with Crippen LogP contribution in [-0.2, 0) is 16.6 Å². The highest BCUT2D eigenvalue weighted by Crippen LogP contribution is 2.18. The van der Waals surface area contributed by atoms with Crippen LogP contribution in [0.1, 0.15) is 30.9 Å². The number of nitrogens with zero attached hydrogens (tertiary/aromatic N) is 1. The Hall–Kier alpha value is -1.86. The molecule has 0 amide bonds. The SMILES string of the molecule is Cc1noc(C)c1CNS(=O)(=O)c1ccc(OC(C)C)cc1. The van der Waals surface area contributed by atoms with E-state index in [1.54, 1.807) is 26.0 Å². The largest absolute Gasteiger partial charge is 0.491 e. The van der Waals surface area contributed by atoms with E-state index in [0.717, 1.165) is 5.56 Å². The minimum absolute atomic E-state index is 0.0418. The molecular weight excluding hydrogens is 304 g/mol. The minimum atomic E-state index is -3.59. The molecule has 0 fully saturated rings. The number of aryl methyl sites for hydroxylation is 2. The predicted octanol–water partition coefficient (Wildman–Crippen LogP) is 2.56. The molecule has 1 N–H and O–H groups in total. The van der Waals surface area contributed by atoms with Crippen LogP contribution in [0.2, 0.25) is 0 Å². The molecule has 22 heavy (non-hydrogen) atoms. The number of benzene rings is 1. The molecule has 6 nitrogen and oxygen atoms in total. The fraction of sp³-hybridized carbons (Fsp3) is 0.400. The summed E-state index contributed by atoms with van der Waals surface area (Å²) in [6.07, 6.45) is 0.0418. The van der Waals surface area contributed by atoms with Crippen LogP contribution < -0.4 is 9.46 Å². The summed E-state index contributed by atoms with van der Waals surface area (Å²) in [4.78, 5) is 0.190. The van der Waals surface area contributed by atoms with Crippen molar-refractivity contribution >= 4 is 10.0 Å². The summed E-state index contributed by atoms with van der Waals surface area (Å²) in [5.74, 6) is 1.25. The Morgan fingerprint density at radius 3 is 2.36 bits per heavy atom. The fourth-order valence-corrected chi connectivity index (χ4v) is 2.97. The molecule has 2 rings (SSSR count). The van der Waals surface area contributed by atoms with Crippen LogP contribution in [-0.4, -0.2) is 19.7 Å². The average Bonchev–Trinajstić information content (AvgIpc) is 2.76. The number of ether oxygens (including phenoxy) is 1. The van der Waals surface area contributed by atoms with E-state index in [4.69, 9.17) is 9.26 Å². The monoisotopic (exact) mass is 324 g/mol. The number of aromatic nitrogens is 1. The van der Waals surface area contributed by atoms with E-state index in [2.05, 4.69) is 9.88 Å². The third-order valence-corrected chi connectivity index (χ3v) is 4.54. The van der Waals surface area contributed by atoms with Gasteiger partial charge in [-0.1, -0.05) is 5.16 Å². The Labute approximate surface area is 130 Å². The van der Waals surface area contributed by atoms with Gasteiger partial charge in [0.2, 0.25) is 10.0 Å². The smallest absolute Gasteiger partial charge is 0.240 e. The summed E-state index contributed by atoms with van der Waals surface area (Å²) in [7, 11) is -3.59. The fourth-order valence-electron chi connectivity index (χ4n) is 1.97. The summed E-state index contributed by atoms with van der Waals surface area (Å²) in [5, 5.41) is 3.80. The molecule has 2 aromatic rings. The van der Waals surface area contributed by atoms with Gasteiger partial charge in [0.15, 0.2) is 0 Å². The predicted molar refractivity (Wildman–Crippen MR) is 82.2 cm³/mol. The Morgan fingerprint density at radius 2 is 1.86 bits per heavy atom. The van der Waals surface area contributed by atoms with Gasteiger partial charge in [-0.05, 0) is 52.0 Å². The second-order valence-electron chi connectivity index (χ2n) is 5.27. The molecule has 0 unspecified atom stereocenters. The Bertz CT molecular complexity index is 714. The highest BCUT2D eigenvalue weighted by molar-refractivity contribution is 7.89. The van der Waals surface area contributed by atoms with Gasteiger partial charge in [0.25, 0.3) is 0 Å². The van der Waals surface area contributed by atoms with Gasteiger partial charge in [0.05, 0.1) is 16.7 Å². The maximum atomic E-state index is 12.3. The first kappa shape index (κ1) is 16.5. The Balaban J connectivity index is 2.10. The third kappa shape index (κ3) is 3.86. The van der Waals surface area contributed by atoms with Crippen LogP contribution in [0.5, 0.6) is 5.75 Å². The van der Waals surface area contributed by atoms with Crippen molar-refractivity contribution < 1.29 is 17.7 Å². The molecule has 0 saturated heterocycles. The normalized spacial score (nSPS) is 11.9. The van der Waals surface area contributed by atoms with E-state index < -0.39 is 10.0 Å². The summed E-state index contributed by atoms with van der Waals surface area (Å²) >= 11 is 0. The second-order valence-corrected chi connectivity index (χ2v) is 7.03. The van der Waals surface area contributed by atoms with Gasteiger partial charge in [-0.3, -0.25) is 0 Å². The topological polar surface area (TPSA) is 81.4 Å². The zero-order chi connectivity index (χ0) is 16.3. The molecule has 0 aliphatic rings. The van der Waals surface area contributed by atoms with Crippen molar-refractivity contribution in [2.45, 2.75) is 45.2 Å². The molecule has 7 heteroatoms. The molecule has 1 aromatic carbocycles. The van der Waals surface area contributed by atoms with Crippen LogP contribution in [0.25, 0.3) is 0 Å². The molecule has 0 bridgehead atoms. The molecule has 1 heterocycles. The quantitative estimate of drug-likeness (QED) is 0.883. The molecule has 0 spiro atoms. The number of sulfonamides is 1. The van der Waals surface area contributed by atoms with Gasteiger partial charge in [0, 0.05) is 12.1 Å². The third-order valence-electron chi connectivity index (χ3n) is 3.13. The maximum absolute atomic E-state index is 12.3. The van der Waals surface area contributed by atoms with Crippen molar-refractivity contribution in [3.8, 4) is 5.75 Å². The molecule has 0 aliphatic carbocycles. The highest BCUT2D eigenvalue weighted by Gasteiger charge is 2.17. The van der Waals surface area contributed by atoms with Crippen LogP contribution in [0.15, 0.2) is 33.7 Å². The molecule has 0 atom stereocenters. The lowest BCUT2D eigenvalue weighted by atomic mass is 10.2. The lowest BCUT2D eigenvalue weighted by Gasteiger charge is -2.11. The molecule has 0 saturated carbocycles. The molecule has 0 aliphatic heterocycles. The second kappa shape index (κ2) is 6.50. The van der Waals surface area contributed by atoms with E-state index in [1.807, 2.05) is 13.8 Å². The van der Waals surface area contributed by atoms with Gasteiger partial charge < -0.3 is 9.26 Å². The number of nitrogens with one attached hydrogen (secondary N) is 1. The van der Waals surface area contributed by atoms with Crippen molar-refractivity contribution in [2.75, 3.05) is 0 Å². The zero-order valence-electron chi connectivity index (χ0n) is 13.1. The van der Waals surface area contributed by atoms with Crippen LogP contribution in [0.4, 0.5) is 0 Å². The van der Waals surface area contributed by atoms with Gasteiger partial charge >= 0.3 is 0 Å². The first-order valence-corrected chi connectivity index (χ1v) is 8.46. The van der Waals surface area contributed by atoms with Crippen molar-refractivity contribution in [2.24, 2.45) is 0 Å². The number of rotatable bonds is 6. The van der Waals surface area contributed by atoms with Gasteiger partial charge in [-0.2, -0.15) is 0 Å². The number of hydrogen-bond acceptors (Lipinski definition) is 5. The van der Waals surface area contributed by atoms with E-state index in [1.165, 1.54) is 12.1 Å². The van der Waals surface area contributed by atoms with E-state index in [-0.39, 0.29) is 17.5 Å². The van der Waals surface area contributed by atoms with Crippen molar-refractivity contribution in [3.63, 3.8) is 0 Å². The zero-order valence-corrected chi connectivity index (χ0v) is 13.9. The first-order chi connectivity index (χ1) is 10.3. The average molecular weight is 324 g/mol. The van der Waals surface area contributed by atoms with E-state index >= 15 is 0 Å². The lowest BCUT2D eigenvalue weighted by molar-refractivity contribution is 0.242. The highest BCUT2D eigenvalue weighted by atomic mass is 32.2. The first-order valence-electron chi connectivity index (χ1n) is 6.97. The van der Waals surface area contributed by atoms with Gasteiger partial charge in [0.1, 0.15) is 11.5 Å². The summed E-state index contributed by atoms with van der Waals surface area (Å²) in [6, 6.07) is 6.33. The summed E-state index contributed by atoms with van der Waals surface area (Å²) < 4.78 is 37.6. The molecule has 120 valence electrons. The van der Waals surface area contributed by atoms with Crippen LogP contribution in [0.3, 0.4) is 0 Å². The van der Waals surface area contributed by atoms with Crippen molar-refractivity contribution in [3.05, 3.63) is 41.3 Å². The Kier molecular flexibility index (Phi) is 4.87. The van der Waals surface area contributed by atoms with Crippen molar-refractivity contribution in [1.82, 2.24) is 9.88 Å². The standard InChI is InChI=1S/C15H20N2O4S/c1-10(2)20-13-5-7-14(8-6-13)22(18,19)16-9-15-11(3)17-21-12(15)4/h5-8,10,16H,9H2,1-4H3. The van der Waals surface area contributed by atoms with Gasteiger partial charge in [-0.15, -0.1) is 0 Å². The maximum Gasteiger partial charge on any atom is 0.240 e. The van der Waals surface area contributed by atoms with Gasteiger partial charge in [-0.25, -0.2) is 13.1 Å². The van der Waals surface area contributed by atoms with Crippen LogP contribution >= 0.6 is 0 Å². The molecule has 0 radical (unpaired) electrons. The minimum Gasteiger partial charge on any atom is -0.491 e. The molecular formula is C15H20N2O4S.